The van der Waals surface area contributed by atoms with Crippen molar-refractivity contribution in [3.05, 3.63) is 185 Å². The lowest BCUT2D eigenvalue weighted by Gasteiger charge is -2.17. The second-order valence-electron chi connectivity index (χ2n) is 22.3. The Kier molecular flexibility index (Phi) is 21.1. The number of fused-ring (bicyclic) bond motifs is 3. The second kappa shape index (κ2) is 28.8. The predicted molar refractivity (Wildman–Crippen MR) is 353 cm³/mol. The van der Waals surface area contributed by atoms with Gasteiger partial charge in [0.15, 0.2) is 34.5 Å². The van der Waals surface area contributed by atoms with Crippen molar-refractivity contribution < 1.29 is 93.5 Å². The highest BCUT2D eigenvalue weighted by atomic mass is 79.9. The van der Waals surface area contributed by atoms with Crippen LogP contribution in [0.25, 0.3) is 11.3 Å². The molecule has 8 aromatic rings. The molecule has 0 saturated heterocycles. The number of carbonyl (C=O) groups is 4. The molecule has 15 rings (SSSR count). The maximum Gasteiger partial charge on any atom is 0.586 e. The van der Waals surface area contributed by atoms with E-state index in [1.54, 1.807) is 103 Å². The third kappa shape index (κ3) is 15.9. The average Bonchev–Trinajstić information content (AvgIpc) is 1.60. The molecule has 23 nitrogen and oxygen atoms in total. The molecule has 5 aromatic heterocycles. The molecule has 99 heavy (non-hydrogen) atoms. The molecule has 31 heteroatoms. The third-order valence-corrected chi connectivity index (χ3v) is 16.5. The molecular formula is C68H63BBrF6N9O14. The summed E-state index contributed by atoms with van der Waals surface area (Å²) in [5, 5.41) is 25.9. The second-order valence-corrected chi connectivity index (χ2v) is 23.1. The van der Waals surface area contributed by atoms with Crippen LogP contribution in [0.4, 0.5) is 43.8 Å². The van der Waals surface area contributed by atoms with Crippen molar-refractivity contribution in [2.75, 3.05) is 30.2 Å². The maximum absolute atomic E-state index is 13.3. The molecule has 516 valence electrons. The van der Waals surface area contributed by atoms with E-state index in [0.717, 1.165) is 0 Å². The number of amides is 4. The number of ether oxygens (including phenoxy) is 8. The number of alkyl halides is 6. The lowest BCUT2D eigenvalue weighted by Crippen LogP contribution is -2.31. The Morgan fingerprint density at radius 3 is 1.36 bits per heavy atom. The zero-order chi connectivity index (χ0) is 67.8. The molecular weight excluding hydrogens is 1370 g/mol. The molecule has 3 aromatic carbocycles. The molecule has 1 unspecified atom stereocenters. The van der Waals surface area contributed by atoms with Gasteiger partial charge in [-0.3, -0.25) is 19.2 Å². The Bertz CT molecular complexity index is 4430. The van der Waals surface area contributed by atoms with E-state index in [0.29, 0.717) is 100 Å². The SMILES string of the molecule is C.C.C.COc1ncccc1-c1cccc(NC(=O)C2(c3ccc4c(c3)OC(F)(F)O4)CC2)n1.COc1ncccc1B(O)O.O=C(Nc1cccc(Br)n1)C1(c2ccc3c(c2)OC(F)(F)O3)CC1.O=C1N=CC=CC1c1cccc(NC(=O)C2(c3ccc4c(c3)OC(F)(F)O4)CC2)n1. The highest BCUT2D eigenvalue weighted by Crippen LogP contribution is 2.55. The fourth-order valence-electron chi connectivity index (χ4n) is 10.8. The molecule has 4 aliphatic heterocycles. The first-order valence-electron chi connectivity index (χ1n) is 29.2. The maximum atomic E-state index is 13.3. The molecule has 0 bridgehead atoms. The van der Waals surface area contributed by atoms with Crippen molar-refractivity contribution >= 4 is 75.8 Å². The Balaban J connectivity index is 0.000000160. The number of allylic oxidation sites excluding steroid dienone is 1. The van der Waals surface area contributed by atoms with E-state index in [1.807, 2.05) is 6.07 Å². The van der Waals surface area contributed by atoms with E-state index in [4.69, 9.17) is 19.5 Å². The fraction of sp³-hybridized carbons (Fsp3) is 0.265. The van der Waals surface area contributed by atoms with Crippen LogP contribution in [0.5, 0.6) is 46.3 Å². The van der Waals surface area contributed by atoms with Gasteiger partial charge in [-0.1, -0.05) is 70.8 Å². The van der Waals surface area contributed by atoms with Crippen molar-refractivity contribution in [2.24, 2.45) is 4.99 Å². The number of methoxy groups -OCH3 is 2. The zero-order valence-electron chi connectivity index (χ0n) is 50.1. The molecule has 3 fully saturated rings. The van der Waals surface area contributed by atoms with Crippen LogP contribution < -0.4 is 59.3 Å². The Morgan fingerprint density at radius 2 is 0.939 bits per heavy atom. The number of dihydropyridines is 1. The van der Waals surface area contributed by atoms with E-state index in [2.05, 4.69) is 90.2 Å². The van der Waals surface area contributed by atoms with Crippen molar-refractivity contribution in [3.63, 3.8) is 0 Å². The van der Waals surface area contributed by atoms with Crippen LogP contribution in [0.3, 0.4) is 0 Å². The summed E-state index contributed by atoms with van der Waals surface area (Å²) in [6, 6.07) is 35.5. The number of nitrogens with one attached hydrogen (secondary N) is 3. The molecule has 9 heterocycles. The van der Waals surface area contributed by atoms with Crippen LogP contribution in [-0.4, -0.2) is 105 Å². The Morgan fingerprint density at radius 1 is 0.525 bits per heavy atom. The van der Waals surface area contributed by atoms with E-state index < -0.39 is 48.2 Å². The van der Waals surface area contributed by atoms with Crippen LogP contribution in [0.1, 0.15) is 89.1 Å². The summed E-state index contributed by atoms with van der Waals surface area (Å²) in [4.78, 5) is 75.5. The van der Waals surface area contributed by atoms with Crippen molar-refractivity contribution in [2.45, 2.75) is 102 Å². The van der Waals surface area contributed by atoms with Gasteiger partial charge in [-0.2, -0.15) is 0 Å². The van der Waals surface area contributed by atoms with Gasteiger partial charge < -0.3 is 63.9 Å². The molecule has 5 N–H and O–H groups in total. The van der Waals surface area contributed by atoms with Crippen molar-refractivity contribution in [1.82, 2.24) is 24.9 Å². The van der Waals surface area contributed by atoms with Gasteiger partial charge in [0.1, 0.15) is 28.0 Å². The standard InChI is InChI=1S/C22H17F2N3O4.C21H15F2N3O4.C16H11BrF2N2O3.C6H8BNO3.3CH4/c1-29-19-14(4-3-11-25-19)15-5-2-6-18(26-15)27-20(28)21(9-10-21)13-7-8-16-17(12-13)31-22(23,24)30-16;22-21(23)29-15-7-6-12(11-16(15)30-21)20(8-9-20)19(28)26-17-5-1-4-14(25-17)13-3-2-10-24-18(13)27;17-12-2-1-3-13(20-12)21-14(22)15(6-7-15)9-4-5-10-11(8-9)24-16(18,19)23-10;1-11-6-5(7(9)10)3-2-4-8-6;;;/h2-8,11-12H,9-10H2,1H3,(H,26,27,28);1-7,10-11,13H,8-9H2,(H,25,26,28);1-5,8H,6-7H2,(H,20,21,22);2-4,9-10H,1H3;3*1H4. The highest BCUT2D eigenvalue weighted by molar-refractivity contribution is 9.10. The fourth-order valence-corrected chi connectivity index (χ4v) is 11.1. The zero-order valence-corrected chi connectivity index (χ0v) is 51.7. The Labute approximate surface area is 571 Å². The monoisotopic (exact) mass is 1430 g/mol. The quantitative estimate of drug-likeness (QED) is 0.0384. The lowest BCUT2D eigenvalue weighted by atomic mass is 9.81. The summed E-state index contributed by atoms with van der Waals surface area (Å²) in [5.41, 5.74) is 1.40. The van der Waals surface area contributed by atoms with Crippen LogP contribution in [-0.2, 0) is 35.4 Å². The van der Waals surface area contributed by atoms with E-state index in [9.17, 15) is 45.5 Å². The average molecular weight is 1440 g/mol. The van der Waals surface area contributed by atoms with Gasteiger partial charge >= 0.3 is 26.0 Å². The van der Waals surface area contributed by atoms with Crippen molar-refractivity contribution in [3.8, 4) is 57.5 Å². The van der Waals surface area contributed by atoms with Gasteiger partial charge in [-0.05, 0) is 168 Å². The van der Waals surface area contributed by atoms with E-state index in [-0.39, 0.29) is 91.7 Å². The van der Waals surface area contributed by atoms with Crippen LogP contribution in [0, 0.1) is 0 Å². The van der Waals surface area contributed by atoms with Gasteiger partial charge in [-0.25, -0.2) is 29.9 Å². The largest absolute Gasteiger partial charge is 0.586 e. The summed E-state index contributed by atoms with van der Waals surface area (Å²) < 4.78 is 117. The molecule has 0 radical (unpaired) electrons. The highest BCUT2D eigenvalue weighted by Gasteiger charge is 2.56. The number of pyridine rings is 5. The van der Waals surface area contributed by atoms with Crippen LogP contribution in [0.2, 0.25) is 0 Å². The number of aromatic nitrogens is 5. The van der Waals surface area contributed by atoms with Crippen molar-refractivity contribution in [1.29, 1.82) is 0 Å². The van der Waals surface area contributed by atoms with E-state index >= 15 is 0 Å². The van der Waals surface area contributed by atoms with Gasteiger partial charge in [-0.15, -0.1) is 26.3 Å². The number of anilines is 3. The molecule has 0 spiro atoms. The first-order chi connectivity index (χ1) is 45.9. The van der Waals surface area contributed by atoms with Crippen LogP contribution in [0.15, 0.2) is 168 Å². The summed E-state index contributed by atoms with van der Waals surface area (Å²) in [6.07, 6.45) is 0.397. The van der Waals surface area contributed by atoms with Crippen LogP contribution >= 0.6 is 15.9 Å². The molecule has 4 amide bonds. The minimum absolute atomic E-state index is 0. The topological polar surface area (TPSA) is 295 Å². The summed E-state index contributed by atoms with van der Waals surface area (Å²) in [7, 11) is 1.42. The van der Waals surface area contributed by atoms with Gasteiger partial charge in [0.05, 0.1) is 47.4 Å². The van der Waals surface area contributed by atoms with Gasteiger partial charge in [0.2, 0.25) is 29.5 Å². The summed E-state index contributed by atoms with van der Waals surface area (Å²) >= 11 is 3.24. The molecule has 3 aliphatic carbocycles. The molecule has 1 atom stereocenters. The third-order valence-electron chi connectivity index (χ3n) is 16.1. The minimum atomic E-state index is -3.71. The molecule has 3 saturated carbocycles. The summed E-state index contributed by atoms with van der Waals surface area (Å²) in [5.74, 6) is -0.353. The van der Waals surface area contributed by atoms with Gasteiger partial charge in [0, 0.05) is 24.1 Å². The summed E-state index contributed by atoms with van der Waals surface area (Å²) in [6.45, 7) is 0. The number of benzene rings is 3. The minimum Gasteiger partial charge on any atom is -0.481 e. The number of rotatable bonds is 14. The number of halogens is 7. The predicted octanol–water partition coefficient (Wildman–Crippen LogP) is 12.0. The normalized spacial score (nSPS) is 17.7. The first-order valence-corrected chi connectivity index (χ1v) is 30.0. The number of hydrogen-bond acceptors (Lipinski definition) is 19. The number of hydrogen-bond donors (Lipinski definition) is 5. The molecule has 7 aliphatic rings. The lowest BCUT2D eigenvalue weighted by molar-refractivity contribution is -0.287. The number of aliphatic imine (C=N–C) groups is 1. The first kappa shape index (κ1) is 72.6. The smallest absolute Gasteiger partial charge is 0.481 e. The number of nitrogens with zero attached hydrogens (tertiary/aromatic N) is 6. The van der Waals surface area contributed by atoms with E-state index in [1.165, 1.54) is 69.1 Å². The van der Waals surface area contributed by atoms with Gasteiger partial charge in [0.25, 0.3) is 5.91 Å². The Hall–Kier alpha value is -10.7. The number of carbonyl (C=O) groups excluding carboxylic acids is 4.